The van der Waals surface area contributed by atoms with E-state index < -0.39 is 0 Å². The van der Waals surface area contributed by atoms with E-state index in [0.717, 1.165) is 16.5 Å². The third kappa shape index (κ3) is 3.14. The van der Waals surface area contributed by atoms with E-state index in [4.69, 9.17) is 0 Å². The highest BCUT2D eigenvalue weighted by Crippen LogP contribution is 2.17. The highest BCUT2D eigenvalue weighted by molar-refractivity contribution is 5.85. The van der Waals surface area contributed by atoms with Gasteiger partial charge in [-0.2, -0.15) is 5.10 Å². The smallest absolute Gasteiger partial charge is 0.239 e. The molecule has 1 heterocycles. The quantitative estimate of drug-likeness (QED) is 0.838. The zero-order valence-electron chi connectivity index (χ0n) is 11.6. The molecular weight excluding hydrogens is 256 g/mol. The van der Waals surface area contributed by atoms with E-state index in [1.54, 1.807) is 6.20 Å². The molecule has 0 radical (unpaired) electrons. The first kappa shape index (κ1) is 14.0. The Morgan fingerprint density at radius 2 is 2.10 bits per heavy atom. The topological polar surface area (TPSA) is 76.0 Å². The molecule has 0 aliphatic rings. The predicted octanol–water partition coefficient (Wildman–Crippen LogP) is 0.597. The van der Waals surface area contributed by atoms with Crippen molar-refractivity contribution < 1.29 is 9.59 Å². The minimum Gasteiger partial charge on any atom is -0.358 e. The van der Waals surface area contributed by atoms with E-state index >= 15 is 0 Å². The van der Waals surface area contributed by atoms with Crippen LogP contribution in [0.4, 0.5) is 0 Å². The average Bonchev–Trinajstić information content (AvgIpc) is 2.87. The lowest BCUT2D eigenvalue weighted by Gasteiger charge is -2.06. The molecule has 0 aliphatic carbocycles. The maximum atomic E-state index is 11.6. The Balaban J connectivity index is 1.96. The van der Waals surface area contributed by atoms with E-state index in [2.05, 4.69) is 15.7 Å². The average molecular weight is 274 g/mol. The number of aryl methyl sites for hydroxylation is 2. The van der Waals surface area contributed by atoms with Crippen LogP contribution in [0.3, 0.4) is 0 Å². The van der Waals surface area contributed by atoms with Gasteiger partial charge in [-0.05, 0) is 12.5 Å². The Morgan fingerprint density at radius 3 is 2.85 bits per heavy atom. The molecule has 6 nitrogen and oxygen atoms in total. The van der Waals surface area contributed by atoms with Crippen molar-refractivity contribution in [3.05, 3.63) is 30.0 Å². The van der Waals surface area contributed by atoms with Crippen LogP contribution in [-0.4, -0.2) is 35.2 Å². The number of carbonyl (C=O) groups excluding carboxylic acids is 2. The van der Waals surface area contributed by atoms with Gasteiger partial charge in [0.05, 0.1) is 24.8 Å². The number of amides is 2. The van der Waals surface area contributed by atoms with E-state index in [-0.39, 0.29) is 18.4 Å². The van der Waals surface area contributed by atoms with Crippen LogP contribution in [0.15, 0.2) is 24.4 Å². The van der Waals surface area contributed by atoms with E-state index in [0.29, 0.717) is 13.0 Å². The molecule has 106 valence electrons. The van der Waals surface area contributed by atoms with Crippen LogP contribution in [0.2, 0.25) is 0 Å². The number of carbonyl (C=O) groups is 2. The van der Waals surface area contributed by atoms with Crippen LogP contribution in [0.5, 0.6) is 0 Å². The molecule has 0 bridgehead atoms. The first-order valence-electron chi connectivity index (χ1n) is 6.50. The fourth-order valence-electron chi connectivity index (χ4n) is 2.06. The molecule has 0 fully saturated rings. The van der Waals surface area contributed by atoms with E-state index in [1.807, 2.05) is 29.8 Å². The summed E-state index contributed by atoms with van der Waals surface area (Å²) < 4.78 is 1.82. The Kier molecular flexibility index (Phi) is 4.34. The molecule has 1 aromatic heterocycles. The third-order valence-electron chi connectivity index (χ3n) is 3.14. The maximum Gasteiger partial charge on any atom is 0.239 e. The minimum atomic E-state index is -0.210. The zero-order chi connectivity index (χ0) is 14.5. The minimum absolute atomic E-state index is 0.00815. The van der Waals surface area contributed by atoms with Gasteiger partial charge in [0.2, 0.25) is 11.8 Å². The normalized spacial score (nSPS) is 10.5. The van der Waals surface area contributed by atoms with Crippen molar-refractivity contribution in [2.24, 2.45) is 0 Å². The Labute approximate surface area is 117 Å². The Bertz CT molecular complexity index is 633. The number of rotatable bonds is 5. The van der Waals surface area contributed by atoms with Gasteiger partial charge in [-0.25, -0.2) is 0 Å². The van der Waals surface area contributed by atoms with E-state index in [9.17, 15) is 9.59 Å². The Morgan fingerprint density at radius 1 is 1.30 bits per heavy atom. The predicted molar refractivity (Wildman–Crippen MR) is 76.2 cm³/mol. The zero-order valence-corrected chi connectivity index (χ0v) is 11.6. The van der Waals surface area contributed by atoms with Crippen molar-refractivity contribution in [3.8, 4) is 0 Å². The highest BCUT2D eigenvalue weighted by atomic mass is 16.2. The van der Waals surface area contributed by atoms with Crippen molar-refractivity contribution >= 4 is 22.7 Å². The van der Waals surface area contributed by atoms with Gasteiger partial charge in [0.1, 0.15) is 0 Å². The van der Waals surface area contributed by atoms with Gasteiger partial charge in [0.15, 0.2) is 0 Å². The molecule has 2 amide bonds. The SMILES string of the molecule is CNC(=O)CNC(=O)CCn1ncc2cccc(C)c21. The van der Waals surface area contributed by atoms with Crippen molar-refractivity contribution in [2.75, 3.05) is 13.6 Å². The molecular formula is C14H18N4O2. The number of hydrogen-bond donors (Lipinski definition) is 2. The molecule has 0 spiro atoms. The molecule has 0 saturated heterocycles. The summed E-state index contributed by atoms with van der Waals surface area (Å²) in [5.74, 6) is -0.371. The van der Waals surface area contributed by atoms with Gasteiger partial charge in [-0.3, -0.25) is 14.3 Å². The summed E-state index contributed by atoms with van der Waals surface area (Å²) in [5.41, 5.74) is 2.18. The molecule has 0 aliphatic heterocycles. The number of nitrogens with zero attached hydrogens (tertiary/aromatic N) is 2. The van der Waals surface area contributed by atoms with Crippen LogP contribution in [0.25, 0.3) is 10.9 Å². The van der Waals surface area contributed by atoms with Crippen LogP contribution >= 0.6 is 0 Å². The van der Waals surface area contributed by atoms with Crippen molar-refractivity contribution in [2.45, 2.75) is 19.9 Å². The lowest BCUT2D eigenvalue weighted by atomic mass is 10.2. The van der Waals surface area contributed by atoms with Crippen LogP contribution in [-0.2, 0) is 16.1 Å². The second-order valence-electron chi connectivity index (χ2n) is 4.58. The summed E-state index contributed by atoms with van der Waals surface area (Å²) in [6, 6.07) is 6.00. The van der Waals surface area contributed by atoms with Crippen molar-refractivity contribution in [1.29, 1.82) is 0 Å². The molecule has 20 heavy (non-hydrogen) atoms. The van der Waals surface area contributed by atoms with Gasteiger partial charge in [-0.1, -0.05) is 18.2 Å². The van der Waals surface area contributed by atoms with Crippen molar-refractivity contribution in [1.82, 2.24) is 20.4 Å². The molecule has 0 saturated carbocycles. The van der Waals surface area contributed by atoms with Gasteiger partial charge in [0, 0.05) is 18.9 Å². The number of fused-ring (bicyclic) bond motifs is 1. The molecule has 0 unspecified atom stereocenters. The number of para-hydroxylation sites is 1. The summed E-state index contributed by atoms with van der Waals surface area (Å²) in [4.78, 5) is 22.7. The van der Waals surface area contributed by atoms with Gasteiger partial charge in [0.25, 0.3) is 0 Å². The second-order valence-corrected chi connectivity index (χ2v) is 4.58. The van der Waals surface area contributed by atoms with Crippen LogP contribution in [0.1, 0.15) is 12.0 Å². The number of benzene rings is 1. The number of aromatic nitrogens is 2. The van der Waals surface area contributed by atoms with Gasteiger partial charge < -0.3 is 10.6 Å². The third-order valence-corrected chi connectivity index (χ3v) is 3.14. The summed E-state index contributed by atoms with van der Waals surface area (Å²) in [7, 11) is 1.53. The Hall–Kier alpha value is -2.37. The highest BCUT2D eigenvalue weighted by Gasteiger charge is 2.08. The summed E-state index contributed by atoms with van der Waals surface area (Å²) in [6.07, 6.45) is 2.09. The largest absolute Gasteiger partial charge is 0.358 e. The molecule has 0 atom stereocenters. The van der Waals surface area contributed by atoms with Crippen LogP contribution in [0, 0.1) is 6.92 Å². The molecule has 6 heteroatoms. The lowest BCUT2D eigenvalue weighted by molar-refractivity contribution is -0.126. The summed E-state index contributed by atoms with van der Waals surface area (Å²) >= 11 is 0. The number of likely N-dealkylation sites (N-methyl/N-ethyl adjacent to an activating group) is 1. The number of hydrogen-bond acceptors (Lipinski definition) is 3. The summed E-state index contributed by atoms with van der Waals surface area (Å²) in [5, 5.41) is 10.4. The number of nitrogens with one attached hydrogen (secondary N) is 2. The van der Waals surface area contributed by atoms with Gasteiger partial charge in [-0.15, -0.1) is 0 Å². The monoisotopic (exact) mass is 274 g/mol. The second kappa shape index (κ2) is 6.18. The molecule has 2 rings (SSSR count). The fourth-order valence-corrected chi connectivity index (χ4v) is 2.06. The molecule has 2 N–H and O–H groups in total. The maximum absolute atomic E-state index is 11.6. The first-order valence-corrected chi connectivity index (χ1v) is 6.50. The standard InChI is InChI=1S/C14H18N4O2/c1-10-4-3-5-11-8-17-18(14(10)11)7-6-12(19)16-9-13(20)15-2/h3-5,8H,6-7,9H2,1-2H3,(H,15,20)(H,16,19). The first-order chi connectivity index (χ1) is 9.61. The van der Waals surface area contributed by atoms with E-state index in [1.165, 1.54) is 7.05 Å². The van der Waals surface area contributed by atoms with Gasteiger partial charge >= 0.3 is 0 Å². The van der Waals surface area contributed by atoms with Crippen molar-refractivity contribution in [3.63, 3.8) is 0 Å². The van der Waals surface area contributed by atoms with Crippen LogP contribution < -0.4 is 10.6 Å². The summed E-state index contributed by atoms with van der Waals surface area (Å²) in [6.45, 7) is 2.52. The lowest BCUT2D eigenvalue weighted by Crippen LogP contribution is -2.35. The molecule has 1 aromatic carbocycles. The fraction of sp³-hybridized carbons (Fsp3) is 0.357. The molecule has 2 aromatic rings.